The quantitative estimate of drug-likeness (QED) is 0.612. The lowest BCUT2D eigenvalue weighted by Gasteiger charge is -2.26. The zero-order valence-electron chi connectivity index (χ0n) is 16.4. The van der Waals surface area contributed by atoms with Gasteiger partial charge in [0.05, 0.1) is 36.9 Å². The smallest absolute Gasteiger partial charge is 0.254 e. The minimum absolute atomic E-state index is 0.0849. The van der Waals surface area contributed by atoms with Crippen molar-refractivity contribution in [2.24, 2.45) is 0 Å². The lowest BCUT2D eigenvalue weighted by molar-refractivity contribution is 0.0372. The Morgan fingerprint density at radius 3 is 2.38 bits per heavy atom. The first-order valence-electron chi connectivity index (χ1n) is 9.94. The Balaban J connectivity index is 1.53. The normalized spacial score (nSPS) is 19.2. The monoisotopic (exact) mass is 429 g/mol. The molecule has 1 amide bonds. The molecule has 162 valence electrons. The molecule has 10 heteroatoms. The van der Waals surface area contributed by atoms with Crippen LogP contribution in [-0.4, -0.2) is 89.2 Å². The van der Waals surface area contributed by atoms with Crippen LogP contribution in [-0.2, 0) is 19.5 Å². The van der Waals surface area contributed by atoms with Gasteiger partial charge in [-0.15, -0.1) is 0 Å². The van der Waals surface area contributed by atoms with Crippen LogP contribution in [0, 0.1) is 5.82 Å². The first kappa shape index (κ1) is 22.1. The second-order valence-electron chi connectivity index (χ2n) is 7.08. The van der Waals surface area contributed by atoms with E-state index in [1.54, 1.807) is 0 Å². The summed E-state index contributed by atoms with van der Waals surface area (Å²) in [6, 6.07) is 3.34. The number of unbranched alkanes of at least 4 members (excludes halogenated alkanes) is 1. The van der Waals surface area contributed by atoms with Gasteiger partial charge in [-0.1, -0.05) is 0 Å². The molecule has 0 bridgehead atoms. The molecule has 1 aromatic carbocycles. The van der Waals surface area contributed by atoms with E-state index >= 15 is 0 Å². The molecule has 0 radical (unpaired) electrons. The maximum absolute atomic E-state index is 14.2. The van der Waals surface area contributed by atoms with Crippen molar-refractivity contribution in [3.63, 3.8) is 0 Å². The minimum Gasteiger partial charge on any atom is -0.379 e. The number of benzene rings is 1. The third kappa shape index (κ3) is 5.95. The van der Waals surface area contributed by atoms with Crippen molar-refractivity contribution in [2.75, 3.05) is 65.7 Å². The summed E-state index contributed by atoms with van der Waals surface area (Å²) in [7, 11) is -3.79. The number of hydrogen-bond donors (Lipinski definition) is 1. The van der Waals surface area contributed by atoms with E-state index in [0.29, 0.717) is 19.8 Å². The van der Waals surface area contributed by atoms with Crippen molar-refractivity contribution in [2.45, 2.75) is 17.7 Å². The Labute approximate surface area is 171 Å². The number of carbonyl (C=O) groups excluding carboxylic acids is 1. The number of nitrogens with zero attached hydrogens (tertiary/aromatic N) is 2. The van der Waals surface area contributed by atoms with E-state index in [2.05, 4.69) is 10.2 Å². The number of amides is 1. The zero-order chi connectivity index (χ0) is 20.7. The molecule has 0 atom stereocenters. The van der Waals surface area contributed by atoms with Crippen molar-refractivity contribution >= 4 is 15.9 Å². The predicted octanol–water partition coefficient (Wildman–Crippen LogP) is 0.689. The number of halogens is 1. The second kappa shape index (κ2) is 10.4. The summed E-state index contributed by atoms with van der Waals surface area (Å²) in [6.07, 6.45) is 1.67. The third-order valence-corrected chi connectivity index (χ3v) is 6.98. The number of hydrogen-bond acceptors (Lipinski definition) is 6. The zero-order valence-corrected chi connectivity index (χ0v) is 17.3. The molecule has 29 heavy (non-hydrogen) atoms. The predicted molar refractivity (Wildman–Crippen MR) is 105 cm³/mol. The van der Waals surface area contributed by atoms with Crippen molar-refractivity contribution in [3.05, 3.63) is 29.6 Å². The van der Waals surface area contributed by atoms with Gasteiger partial charge in [0.15, 0.2) is 0 Å². The largest absolute Gasteiger partial charge is 0.379 e. The molecule has 2 saturated heterocycles. The van der Waals surface area contributed by atoms with Crippen LogP contribution in [0.3, 0.4) is 0 Å². The highest BCUT2D eigenvalue weighted by atomic mass is 32.2. The maximum Gasteiger partial charge on any atom is 0.254 e. The van der Waals surface area contributed by atoms with Crippen molar-refractivity contribution in [1.82, 2.24) is 14.5 Å². The van der Waals surface area contributed by atoms with Gasteiger partial charge in [-0.3, -0.25) is 9.69 Å². The highest BCUT2D eigenvalue weighted by Gasteiger charge is 2.27. The summed E-state index contributed by atoms with van der Waals surface area (Å²) in [5.74, 6) is -1.34. The van der Waals surface area contributed by atoms with Gasteiger partial charge >= 0.3 is 0 Å². The first-order chi connectivity index (χ1) is 14.0. The molecular weight excluding hydrogens is 401 g/mol. The maximum atomic E-state index is 14.2. The van der Waals surface area contributed by atoms with E-state index < -0.39 is 21.7 Å². The average Bonchev–Trinajstić information content (AvgIpc) is 2.75. The molecule has 0 aromatic heterocycles. The van der Waals surface area contributed by atoms with Crippen LogP contribution in [0.15, 0.2) is 23.1 Å². The fraction of sp³-hybridized carbons (Fsp3) is 0.632. The van der Waals surface area contributed by atoms with Crippen LogP contribution in [0.4, 0.5) is 4.39 Å². The lowest BCUT2D eigenvalue weighted by atomic mass is 10.2. The molecule has 2 heterocycles. The molecule has 0 spiro atoms. The molecule has 3 rings (SSSR count). The molecular formula is C19H28FN3O5S. The Kier molecular flexibility index (Phi) is 7.96. The molecule has 0 unspecified atom stereocenters. The van der Waals surface area contributed by atoms with E-state index in [4.69, 9.17) is 9.47 Å². The Bertz CT molecular complexity index is 793. The standard InChI is InChI=1S/C19H28FN3O5S/c20-18-4-3-16(29(25,26)23-9-13-28-14-10-23)15-17(18)19(24)21-5-1-2-6-22-7-11-27-12-8-22/h3-4,15H,1-2,5-14H2,(H,21,24). The van der Waals surface area contributed by atoms with Crippen LogP contribution in [0.2, 0.25) is 0 Å². The summed E-state index contributed by atoms with van der Waals surface area (Å²) >= 11 is 0. The molecule has 8 nitrogen and oxygen atoms in total. The Morgan fingerprint density at radius 1 is 1.03 bits per heavy atom. The number of morpholine rings is 2. The van der Waals surface area contributed by atoms with Crippen molar-refractivity contribution in [1.29, 1.82) is 0 Å². The molecule has 0 aliphatic carbocycles. The van der Waals surface area contributed by atoms with Gasteiger partial charge in [0, 0.05) is 32.7 Å². The number of sulfonamides is 1. The van der Waals surface area contributed by atoms with Gasteiger partial charge in [0.2, 0.25) is 10.0 Å². The van der Waals surface area contributed by atoms with Crippen LogP contribution in [0.5, 0.6) is 0 Å². The van der Waals surface area contributed by atoms with Crippen molar-refractivity contribution < 1.29 is 27.1 Å². The van der Waals surface area contributed by atoms with Gasteiger partial charge in [0.1, 0.15) is 5.82 Å². The minimum atomic E-state index is -3.79. The number of rotatable bonds is 8. The number of nitrogens with one attached hydrogen (secondary N) is 1. The third-order valence-electron chi connectivity index (χ3n) is 5.08. The van der Waals surface area contributed by atoms with Crippen LogP contribution in [0.1, 0.15) is 23.2 Å². The molecule has 0 saturated carbocycles. The average molecular weight is 430 g/mol. The fourth-order valence-corrected chi connectivity index (χ4v) is 4.79. The SMILES string of the molecule is O=C(NCCCCN1CCOCC1)c1cc(S(=O)(=O)N2CCOCC2)ccc1F. The fourth-order valence-electron chi connectivity index (χ4n) is 3.36. The van der Waals surface area contributed by atoms with E-state index in [9.17, 15) is 17.6 Å². The van der Waals surface area contributed by atoms with Gasteiger partial charge in [-0.05, 0) is 37.6 Å². The summed E-state index contributed by atoms with van der Waals surface area (Å²) in [5, 5.41) is 2.69. The number of carbonyl (C=O) groups is 1. The lowest BCUT2D eigenvalue weighted by Crippen LogP contribution is -2.40. The van der Waals surface area contributed by atoms with E-state index in [-0.39, 0.29) is 23.5 Å². The van der Waals surface area contributed by atoms with Crippen molar-refractivity contribution in [3.8, 4) is 0 Å². The molecule has 2 fully saturated rings. The van der Waals surface area contributed by atoms with Crippen LogP contribution < -0.4 is 5.32 Å². The van der Waals surface area contributed by atoms with E-state index in [1.807, 2.05) is 0 Å². The molecule has 1 aromatic rings. The number of ether oxygens (including phenoxy) is 2. The molecule has 1 N–H and O–H groups in total. The van der Waals surface area contributed by atoms with Gasteiger partial charge in [-0.2, -0.15) is 4.31 Å². The Morgan fingerprint density at radius 2 is 1.69 bits per heavy atom. The van der Waals surface area contributed by atoms with E-state index in [1.165, 1.54) is 10.4 Å². The van der Waals surface area contributed by atoms with Gasteiger partial charge in [-0.25, -0.2) is 12.8 Å². The summed E-state index contributed by atoms with van der Waals surface area (Å²) < 4.78 is 51.4. The van der Waals surface area contributed by atoms with Crippen LogP contribution >= 0.6 is 0 Å². The summed E-state index contributed by atoms with van der Waals surface area (Å²) in [6.45, 7) is 5.79. The topological polar surface area (TPSA) is 88.2 Å². The molecule has 2 aliphatic rings. The van der Waals surface area contributed by atoms with Gasteiger partial charge < -0.3 is 14.8 Å². The highest BCUT2D eigenvalue weighted by molar-refractivity contribution is 7.89. The Hall–Kier alpha value is -1.59. The van der Waals surface area contributed by atoms with E-state index in [0.717, 1.165) is 57.8 Å². The summed E-state index contributed by atoms with van der Waals surface area (Å²) in [4.78, 5) is 14.6. The van der Waals surface area contributed by atoms with Gasteiger partial charge in [0.25, 0.3) is 5.91 Å². The summed E-state index contributed by atoms with van der Waals surface area (Å²) in [5.41, 5.74) is -0.257. The highest BCUT2D eigenvalue weighted by Crippen LogP contribution is 2.20. The second-order valence-corrected chi connectivity index (χ2v) is 9.01. The molecule has 2 aliphatic heterocycles. The van der Waals surface area contributed by atoms with Crippen LogP contribution in [0.25, 0.3) is 0 Å². The first-order valence-corrected chi connectivity index (χ1v) is 11.4.